The zero-order valence-electron chi connectivity index (χ0n) is 19.3. The summed E-state index contributed by atoms with van der Waals surface area (Å²) in [7, 11) is 0. The quantitative estimate of drug-likeness (QED) is 0.275. The van der Waals surface area contributed by atoms with Crippen LogP contribution in [0.4, 0.5) is 0 Å². The van der Waals surface area contributed by atoms with E-state index in [1.807, 2.05) is 0 Å². The second-order valence-electron chi connectivity index (χ2n) is 9.96. The smallest absolute Gasteiger partial charge is 0.0956 e. The fourth-order valence-electron chi connectivity index (χ4n) is 4.43. The molecular weight excluding hydrogens is 330 g/mol. The van der Waals surface area contributed by atoms with Crippen LogP contribution in [0.15, 0.2) is 11.8 Å². The van der Waals surface area contributed by atoms with E-state index in [2.05, 4.69) is 46.0 Å². The van der Waals surface area contributed by atoms with Crippen molar-refractivity contribution in [3.8, 4) is 0 Å². The average molecular weight is 380 g/mol. The molecule has 0 saturated heterocycles. The van der Waals surface area contributed by atoms with Crippen molar-refractivity contribution in [1.29, 1.82) is 0 Å². The van der Waals surface area contributed by atoms with Crippen molar-refractivity contribution >= 4 is 0 Å². The van der Waals surface area contributed by atoms with Crippen molar-refractivity contribution in [2.75, 3.05) is 6.61 Å². The van der Waals surface area contributed by atoms with Crippen molar-refractivity contribution in [3.05, 3.63) is 11.8 Å². The molecule has 0 aromatic heterocycles. The summed E-state index contributed by atoms with van der Waals surface area (Å²) < 4.78 is 6.08. The molecule has 0 bridgehead atoms. The lowest BCUT2D eigenvalue weighted by Crippen LogP contribution is -2.54. The molecule has 0 aromatic rings. The Morgan fingerprint density at radius 3 is 1.63 bits per heavy atom. The van der Waals surface area contributed by atoms with Gasteiger partial charge in [0, 0.05) is 17.5 Å². The van der Waals surface area contributed by atoms with Crippen LogP contribution in [-0.2, 0) is 4.74 Å². The molecule has 0 aliphatic carbocycles. The Kier molecular flexibility index (Phi) is 12.4. The average Bonchev–Trinajstić information content (AvgIpc) is 2.55. The SMILES string of the molecule is CCCCCCCCCCCCCCCCOC1=CC(C)(C)NC(C)(C)C1. The van der Waals surface area contributed by atoms with Gasteiger partial charge in [-0.1, -0.05) is 90.4 Å². The van der Waals surface area contributed by atoms with Gasteiger partial charge in [-0.05, 0) is 40.2 Å². The molecule has 2 nitrogen and oxygen atoms in total. The van der Waals surface area contributed by atoms with Gasteiger partial charge >= 0.3 is 0 Å². The number of rotatable bonds is 16. The van der Waals surface area contributed by atoms with Gasteiger partial charge in [0.05, 0.1) is 12.4 Å². The van der Waals surface area contributed by atoms with Crippen molar-refractivity contribution in [2.45, 2.75) is 142 Å². The van der Waals surface area contributed by atoms with Gasteiger partial charge in [-0.2, -0.15) is 0 Å². The minimum Gasteiger partial charge on any atom is -0.498 e. The highest BCUT2D eigenvalue weighted by Crippen LogP contribution is 2.28. The van der Waals surface area contributed by atoms with E-state index in [1.54, 1.807) is 0 Å². The fourth-order valence-corrected chi connectivity index (χ4v) is 4.43. The van der Waals surface area contributed by atoms with E-state index in [1.165, 1.54) is 95.7 Å². The summed E-state index contributed by atoms with van der Waals surface area (Å²) in [5, 5.41) is 3.66. The Hall–Kier alpha value is -0.500. The molecule has 27 heavy (non-hydrogen) atoms. The molecule has 1 aliphatic heterocycles. The Bertz CT molecular complexity index is 397. The van der Waals surface area contributed by atoms with Gasteiger partial charge in [0.1, 0.15) is 0 Å². The lowest BCUT2D eigenvalue weighted by molar-refractivity contribution is 0.150. The molecule has 0 spiro atoms. The molecular formula is C25H49NO. The van der Waals surface area contributed by atoms with Gasteiger partial charge in [-0.25, -0.2) is 0 Å². The highest BCUT2D eigenvalue weighted by molar-refractivity contribution is 5.16. The van der Waals surface area contributed by atoms with Crippen LogP contribution in [0.2, 0.25) is 0 Å². The van der Waals surface area contributed by atoms with Crippen LogP contribution in [0.5, 0.6) is 0 Å². The van der Waals surface area contributed by atoms with Crippen molar-refractivity contribution in [3.63, 3.8) is 0 Å². The van der Waals surface area contributed by atoms with Crippen LogP contribution < -0.4 is 5.32 Å². The van der Waals surface area contributed by atoms with Gasteiger partial charge in [-0.3, -0.25) is 0 Å². The van der Waals surface area contributed by atoms with Crippen molar-refractivity contribution in [1.82, 2.24) is 5.32 Å². The predicted molar refractivity (Wildman–Crippen MR) is 120 cm³/mol. The second kappa shape index (κ2) is 13.6. The largest absolute Gasteiger partial charge is 0.498 e. The van der Waals surface area contributed by atoms with Gasteiger partial charge in [0.2, 0.25) is 0 Å². The number of hydrogen-bond donors (Lipinski definition) is 1. The first-order valence-corrected chi connectivity index (χ1v) is 12.0. The number of nitrogens with one attached hydrogen (secondary N) is 1. The Labute approximate surface area is 170 Å². The van der Waals surface area contributed by atoms with Crippen LogP contribution in [0.1, 0.15) is 131 Å². The number of hydrogen-bond acceptors (Lipinski definition) is 2. The first-order chi connectivity index (χ1) is 12.8. The third-order valence-electron chi connectivity index (χ3n) is 5.58. The highest BCUT2D eigenvalue weighted by Gasteiger charge is 2.32. The van der Waals surface area contributed by atoms with E-state index in [0.717, 1.165) is 13.0 Å². The third-order valence-corrected chi connectivity index (χ3v) is 5.58. The first-order valence-electron chi connectivity index (χ1n) is 12.0. The summed E-state index contributed by atoms with van der Waals surface area (Å²) in [6.07, 6.45) is 22.9. The number of ether oxygens (including phenoxy) is 1. The van der Waals surface area contributed by atoms with E-state index in [4.69, 9.17) is 4.74 Å². The highest BCUT2D eigenvalue weighted by atomic mass is 16.5. The molecule has 1 rings (SSSR count). The van der Waals surface area contributed by atoms with Gasteiger partial charge in [-0.15, -0.1) is 0 Å². The topological polar surface area (TPSA) is 21.3 Å². The van der Waals surface area contributed by atoms with E-state index in [-0.39, 0.29) is 11.1 Å². The molecule has 0 aromatic carbocycles. The van der Waals surface area contributed by atoms with Gasteiger partial charge in [0.25, 0.3) is 0 Å². The summed E-state index contributed by atoms with van der Waals surface area (Å²) >= 11 is 0. The molecule has 160 valence electrons. The summed E-state index contributed by atoms with van der Waals surface area (Å²) in [4.78, 5) is 0. The maximum atomic E-state index is 6.08. The van der Waals surface area contributed by atoms with E-state index >= 15 is 0 Å². The molecule has 0 radical (unpaired) electrons. The molecule has 0 amide bonds. The van der Waals surface area contributed by atoms with Gasteiger partial charge < -0.3 is 10.1 Å². The lowest BCUT2D eigenvalue weighted by Gasteiger charge is -2.40. The summed E-state index contributed by atoms with van der Waals surface area (Å²) in [5.41, 5.74) is 0.162. The standard InChI is InChI=1S/C25H49NO/c1-6-7-8-9-10-11-12-13-14-15-16-17-18-19-20-27-23-21-24(2,3)26-25(4,5)22-23/h21,26H,6-20,22H2,1-5H3. The maximum absolute atomic E-state index is 6.08. The van der Waals surface area contributed by atoms with Crippen LogP contribution in [0.3, 0.4) is 0 Å². The van der Waals surface area contributed by atoms with E-state index in [0.29, 0.717) is 0 Å². The third kappa shape index (κ3) is 13.3. The number of unbranched alkanes of at least 4 members (excludes halogenated alkanes) is 13. The molecule has 1 heterocycles. The lowest BCUT2D eigenvalue weighted by atomic mass is 9.87. The van der Waals surface area contributed by atoms with Crippen LogP contribution in [0, 0.1) is 0 Å². The zero-order valence-corrected chi connectivity index (χ0v) is 19.3. The monoisotopic (exact) mass is 379 g/mol. The van der Waals surface area contributed by atoms with Crippen LogP contribution in [0.25, 0.3) is 0 Å². The molecule has 0 atom stereocenters. The molecule has 1 N–H and O–H groups in total. The molecule has 2 heteroatoms. The Morgan fingerprint density at radius 1 is 0.741 bits per heavy atom. The van der Waals surface area contributed by atoms with Crippen molar-refractivity contribution in [2.24, 2.45) is 0 Å². The molecule has 0 saturated carbocycles. The second-order valence-corrected chi connectivity index (χ2v) is 9.96. The van der Waals surface area contributed by atoms with Crippen LogP contribution >= 0.6 is 0 Å². The predicted octanol–water partition coefficient (Wildman–Crippen LogP) is 7.92. The normalized spacial score (nSPS) is 18.3. The van der Waals surface area contributed by atoms with Gasteiger partial charge in [0.15, 0.2) is 0 Å². The summed E-state index contributed by atoms with van der Waals surface area (Å²) in [5.74, 6) is 1.18. The molecule has 0 unspecified atom stereocenters. The van der Waals surface area contributed by atoms with Crippen LogP contribution in [-0.4, -0.2) is 17.7 Å². The minimum atomic E-state index is 0.0343. The first kappa shape index (κ1) is 24.5. The van der Waals surface area contributed by atoms with E-state index < -0.39 is 0 Å². The maximum Gasteiger partial charge on any atom is 0.0956 e. The Morgan fingerprint density at radius 2 is 1.19 bits per heavy atom. The summed E-state index contributed by atoms with van der Waals surface area (Å²) in [6.45, 7) is 12.2. The van der Waals surface area contributed by atoms with E-state index in [9.17, 15) is 0 Å². The minimum absolute atomic E-state index is 0.0343. The van der Waals surface area contributed by atoms with Crippen molar-refractivity contribution < 1.29 is 4.74 Å². The fraction of sp³-hybridized carbons (Fsp3) is 0.920. The Balaban J connectivity index is 1.89. The molecule has 0 fully saturated rings. The zero-order chi connectivity index (χ0) is 20.0. The summed E-state index contributed by atoms with van der Waals surface area (Å²) in [6, 6.07) is 0. The molecule has 1 aliphatic rings.